The van der Waals surface area contributed by atoms with Gasteiger partial charge in [-0.15, -0.1) is 0 Å². The van der Waals surface area contributed by atoms with Crippen molar-refractivity contribution < 1.29 is 9.84 Å². The molecule has 2 aromatic carbocycles. The largest absolute Gasteiger partial charge is 0.386 e. The van der Waals surface area contributed by atoms with Gasteiger partial charge >= 0.3 is 0 Å². The normalized spacial score (nSPS) is 27.1. The summed E-state index contributed by atoms with van der Waals surface area (Å²) < 4.78 is 5.47. The quantitative estimate of drug-likeness (QED) is 0.907. The fourth-order valence-electron chi connectivity index (χ4n) is 2.93. The SMILES string of the molecule is CC(NCC1(O)CCOC1C)c1ccc2ccccc2c1. The maximum absolute atomic E-state index is 10.5. The van der Waals surface area contributed by atoms with Crippen LogP contribution in [0.4, 0.5) is 0 Å². The molecule has 0 aromatic heterocycles. The van der Waals surface area contributed by atoms with Crippen molar-refractivity contribution in [1.82, 2.24) is 5.32 Å². The van der Waals surface area contributed by atoms with E-state index in [-0.39, 0.29) is 12.1 Å². The number of aliphatic hydroxyl groups is 1. The molecule has 2 aromatic rings. The zero-order chi connectivity index (χ0) is 14.9. The van der Waals surface area contributed by atoms with Crippen LogP contribution in [0.5, 0.6) is 0 Å². The number of hydrogen-bond acceptors (Lipinski definition) is 3. The van der Waals surface area contributed by atoms with Crippen LogP contribution >= 0.6 is 0 Å². The first kappa shape index (κ1) is 14.5. The highest BCUT2D eigenvalue weighted by molar-refractivity contribution is 5.83. The second-order valence-electron chi connectivity index (χ2n) is 6.08. The fourth-order valence-corrected chi connectivity index (χ4v) is 2.93. The van der Waals surface area contributed by atoms with Crippen LogP contribution in [0.15, 0.2) is 42.5 Å². The van der Waals surface area contributed by atoms with E-state index in [1.54, 1.807) is 0 Å². The molecule has 0 spiro atoms. The predicted molar refractivity (Wildman–Crippen MR) is 85.3 cm³/mol. The molecular weight excluding hydrogens is 262 g/mol. The molecule has 1 saturated heterocycles. The van der Waals surface area contributed by atoms with Gasteiger partial charge < -0.3 is 15.2 Å². The molecule has 0 aliphatic carbocycles. The fraction of sp³-hybridized carbons (Fsp3) is 0.444. The summed E-state index contributed by atoms with van der Waals surface area (Å²) in [6, 6.07) is 15.1. The van der Waals surface area contributed by atoms with Gasteiger partial charge in [-0.25, -0.2) is 0 Å². The minimum absolute atomic E-state index is 0.103. The van der Waals surface area contributed by atoms with Crippen LogP contribution in [0.2, 0.25) is 0 Å². The number of fused-ring (bicyclic) bond motifs is 1. The molecule has 1 fully saturated rings. The molecule has 3 atom stereocenters. The van der Waals surface area contributed by atoms with Crippen molar-refractivity contribution in [2.24, 2.45) is 0 Å². The summed E-state index contributed by atoms with van der Waals surface area (Å²) in [6.07, 6.45) is 0.597. The second-order valence-corrected chi connectivity index (χ2v) is 6.08. The second kappa shape index (κ2) is 5.76. The molecule has 0 radical (unpaired) electrons. The summed E-state index contributed by atoms with van der Waals surface area (Å²) in [5.41, 5.74) is 0.495. The van der Waals surface area contributed by atoms with Crippen LogP contribution in [0.25, 0.3) is 10.8 Å². The Balaban J connectivity index is 1.70. The third kappa shape index (κ3) is 2.95. The van der Waals surface area contributed by atoms with Gasteiger partial charge in [-0.1, -0.05) is 36.4 Å². The molecule has 1 aliphatic heterocycles. The molecule has 1 aliphatic rings. The van der Waals surface area contributed by atoms with Gasteiger partial charge in [0.15, 0.2) is 0 Å². The molecule has 0 bridgehead atoms. The highest BCUT2D eigenvalue weighted by Gasteiger charge is 2.39. The Bertz CT molecular complexity index is 627. The van der Waals surface area contributed by atoms with Crippen molar-refractivity contribution in [3.63, 3.8) is 0 Å². The lowest BCUT2D eigenvalue weighted by atomic mass is 9.95. The first-order valence-corrected chi connectivity index (χ1v) is 7.64. The number of nitrogens with one attached hydrogen (secondary N) is 1. The molecule has 0 amide bonds. The Hall–Kier alpha value is -1.42. The molecule has 3 nitrogen and oxygen atoms in total. The van der Waals surface area contributed by atoms with E-state index in [0.29, 0.717) is 19.6 Å². The van der Waals surface area contributed by atoms with Crippen molar-refractivity contribution in [3.8, 4) is 0 Å². The van der Waals surface area contributed by atoms with Crippen molar-refractivity contribution in [1.29, 1.82) is 0 Å². The van der Waals surface area contributed by atoms with Crippen LogP contribution in [0.3, 0.4) is 0 Å². The van der Waals surface area contributed by atoms with E-state index in [0.717, 1.165) is 0 Å². The van der Waals surface area contributed by atoms with Crippen molar-refractivity contribution >= 4 is 10.8 Å². The van der Waals surface area contributed by atoms with E-state index in [2.05, 4.69) is 54.7 Å². The zero-order valence-corrected chi connectivity index (χ0v) is 12.7. The summed E-state index contributed by atoms with van der Waals surface area (Å²) in [5.74, 6) is 0. The summed E-state index contributed by atoms with van der Waals surface area (Å²) >= 11 is 0. The highest BCUT2D eigenvalue weighted by atomic mass is 16.5. The van der Waals surface area contributed by atoms with Crippen LogP contribution in [-0.2, 0) is 4.74 Å². The molecule has 2 N–H and O–H groups in total. The van der Waals surface area contributed by atoms with E-state index in [9.17, 15) is 5.11 Å². The van der Waals surface area contributed by atoms with E-state index in [4.69, 9.17) is 4.74 Å². The summed E-state index contributed by atoms with van der Waals surface area (Å²) in [4.78, 5) is 0. The number of hydrogen-bond donors (Lipinski definition) is 2. The van der Waals surface area contributed by atoms with Crippen LogP contribution < -0.4 is 5.32 Å². The minimum Gasteiger partial charge on any atom is -0.386 e. The Morgan fingerprint density at radius 3 is 2.76 bits per heavy atom. The lowest BCUT2D eigenvalue weighted by molar-refractivity contribution is -0.0274. The minimum atomic E-state index is -0.745. The van der Waals surface area contributed by atoms with Gasteiger partial charge in [0.1, 0.15) is 5.60 Å². The number of rotatable bonds is 4. The van der Waals surface area contributed by atoms with Gasteiger partial charge in [0.25, 0.3) is 0 Å². The smallest absolute Gasteiger partial charge is 0.105 e. The van der Waals surface area contributed by atoms with Gasteiger partial charge in [-0.2, -0.15) is 0 Å². The molecule has 3 heteroatoms. The van der Waals surface area contributed by atoms with Crippen LogP contribution in [0, 0.1) is 0 Å². The average Bonchev–Trinajstić information content (AvgIpc) is 2.84. The van der Waals surface area contributed by atoms with E-state index < -0.39 is 5.60 Å². The van der Waals surface area contributed by atoms with Crippen molar-refractivity contribution in [2.75, 3.05) is 13.2 Å². The van der Waals surface area contributed by atoms with Gasteiger partial charge in [-0.05, 0) is 36.2 Å². The molecule has 1 heterocycles. The Labute approximate surface area is 125 Å². The standard InChI is InChI=1S/C18H23NO2/c1-13(19-12-18(20)9-10-21-14(18)2)16-8-7-15-5-3-4-6-17(15)11-16/h3-8,11,13-14,19-20H,9-10,12H2,1-2H3. The van der Waals surface area contributed by atoms with Gasteiger partial charge in [0.2, 0.25) is 0 Å². The first-order valence-electron chi connectivity index (χ1n) is 7.64. The van der Waals surface area contributed by atoms with Crippen molar-refractivity contribution in [3.05, 3.63) is 48.0 Å². The summed E-state index contributed by atoms with van der Waals surface area (Å²) in [5, 5.41) is 16.5. The number of benzene rings is 2. The maximum Gasteiger partial charge on any atom is 0.105 e. The molecule has 3 unspecified atom stereocenters. The van der Waals surface area contributed by atoms with E-state index in [1.165, 1.54) is 16.3 Å². The molecule has 3 rings (SSSR count). The predicted octanol–water partition coefficient (Wildman–Crippen LogP) is 3.03. The zero-order valence-electron chi connectivity index (χ0n) is 12.7. The van der Waals surface area contributed by atoms with E-state index in [1.807, 2.05) is 6.92 Å². The molecular formula is C18H23NO2. The Kier molecular flexibility index (Phi) is 3.98. The van der Waals surface area contributed by atoms with Gasteiger partial charge in [0.05, 0.1) is 6.10 Å². The summed E-state index contributed by atoms with van der Waals surface area (Å²) in [6.45, 7) is 5.27. The third-order valence-electron chi connectivity index (χ3n) is 4.65. The lowest BCUT2D eigenvalue weighted by Gasteiger charge is -2.28. The molecule has 0 saturated carbocycles. The molecule has 21 heavy (non-hydrogen) atoms. The summed E-state index contributed by atoms with van der Waals surface area (Å²) in [7, 11) is 0. The Morgan fingerprint density at radius 2 is 2.05 bits per heavy atom. The third-order valence-corrected chi connectivity index (χ3v) is 4.65. The van der Waals surface area contributed by atoms with Crippen LogP contribution in [-0.4, -0.2) is 30.0 Å². The first-order chi connectivity index (χ1) is 10.1. The van der Waals surface area contributed by atoms with E-state index >= 15 is 0 Å². The van der Waals surface area contributed by atoms with Gasteiger partial charge in [-0.3, -0.25) is 0 Å². The number of ether oxygens (including phenoxy) is 1. The lowest BCUT2D eigenvalue weighted by Crippen LogP contribution is -2.46. The topological polar surface area (TPSA) is 41.5 Å². The monoisotopic (exact) mass is 285 g/mol. The maximum atomic E-state index is 10.5. The highest BCUT2D eigenvalue weighted by Crippen LogP contribution is 2.26. The van der Waals surface area contributed by atoms with Crippen molar-refractivity contribution in [2.45, 2.75) is 38.0 Å². The van der Waals surface area contributed by atoms with Gasteiger partial charge in [0, 0.05) is 25.6 Å². The Morgan fingerprint density at radius 1 is 1.29 bits per heavy atom. The average molecular weight is 285 g/mol. The molecule has 112 valence electrons. The van der Waals surface area contributed by atoms with Crippen LogP contribution in [0.1, 0.15) is 31.9 Å².